The van der Waals surface area contributed by atoms with Crippen LogP contribution in [0, 0.1) is 5.92 Å². The number of benzene rings is 6. The summed E-state index contributed by atoms with van der Waals surface area (Å²) >= 11 is 29.5. The molecule has 0 aromatic heterocycles. The largest absolute Gasteiger partial charge is 0.462 e. The molecule has 0 spiro atoms. The number of carbonyl (C=O) groups is 5. The molecule has 29 nitrogen and oxygen atoms in total. The van der Waals surface area contributed by atoms with E-state index in [1.165, 1.54) is 0 Å². The van der Waals surface area contributed by atoms with E-state index in [1.807, 2.05) is 111 Å². The van der Waals surface area contributed by atoms with Crippen molar-refractivity contribution in [2.45, 2.75) is 206 Å². The van der Waals surface area contributed by atoms with Crippen molar-refractivity contribution in [2.24, 2.45) is 16.1 Å². The molecule has 0 aliphatic carbocycles. The van der Waals surface area contributed by atoms with Gasteiger partial charge in [0.2, 0.25) is 3.79 Å². The van der Waals surface area contributed by atoms with Gasteiger partial charge in [0, 0.05) is 28.9 Å². The third-order valence-electron chi connectivity index (χ3n) is 19.5. The van der Waals surface area contributed by atoms with Crippen molar-refractivity contribution >= 4 is 88.0 Å². The van der Waals surface area contributed by atoms with Crippen molar-refractivity contribution in [2.75, 3.05) is 44.7 Å². The summed E-state index contributed by atoms with van der Waals surface area (Å²) in [5.41, 5.74) is 24.4. The van der Waals surface area contributed by atoms with Gasteiger partial charge in [-0.05, 0) is 83.3 Å². The predicted molar refractivity (Wildman–Crippen MR) is 424 cm³/mol. The molecule has 4 aliphatic rings. The van der Waals surface area contributed by atoms with Gasteiger partial charge in [-0.15, -0.1) is 23.2 Å². The number of unbranched alkanes of at least 4 members (excludes halogenated alkanes) is 3. The molecule has 20 atom stereocenters. The SMILES string of the molecule is CCC1OC(OC2C(COC(=O)CCl)OC(OC3C(CC)OC(OC4C(COC(=O)CCl)OC(OCCCCCCNC(=O)OCC(Cl)(Cl)Cl)C(OC(=O)c5ccccc5)C4OCc4ccccc4)C(N=[N+]=[N-])C3OCc3ccccc3)C(OC(=O)c3ccccc3)C2OCc2ccccc2)C(N=[N+]=[N-])C(OCc2ccccc2)C1C. The number of rotatable bonds is 41. The summed E-state index contributed by atoms with van der Waals surface area (Å²) in [4.78, 5) is 75.3. The number of halogens is 5. The van der Waals surface area contributed by atoms with Gasteiger partial charge in [0.15, 0.2) is 37.4 Å². The van der Waals surface area contributed by atoms with Crippen LogP contribution >= 0.6 is 58.0 Å². The fourth-order valence-electron chi connectivity index (χ4n) is 13.8. The lowest BCUT2D eigenvalue weighted by molar-refractivity contribution is -0.378. The van der Waals surface area contributed by atoms with Gasteiger partial charge in [0.25, 0.3) is 0 Å². The number of hydrogen-bond acceptors (Lipinski definition) is 24. The maximum Gasteiger partial charge on any atom is 0.407 e. The van der Waals surface area contributed by atoms with E-state index >= 15 is 4.79 Å². The van der Waals surface area contributed by atoms with Crippen molar-refractivity contribution in [1.82, 2.24) is 5.32 Å². The minimum absolute atomic E-state index is 0.0134. The molecule has 10 rings (SSSR count). The van der Waals surface area contributed by atoms with Gasteiger partial charge in [0.1, 0.15) is 92.5 Å². The number of esters is 4. The Hall–Kier alpha value is -7.94. The summed E-state index contributed by atoms with van der Waals surface area (Å²) in [6, 6.07) is 50.1. The molecule has 4 aliphatic heterocycles. The van der Waals surface area contributed by atoms with E-state index in [0.717, 1.165) is 5.56 Å². The van der Waals surface area contributed by atoms with E-state index in [2.05, 4.69) is 25.4 Å². The molecule has 4 fully saturated rings. The van der Waals surface area contributed by atoms with Crippen molar-refractivity contribution in [1.29, 1.82) is 0 Å². The zero-order chi connectivity index (χ0) is 82.2. The zero-order valence-electron chi connectivity index (χ0n) is 63.9. The summed E-state index contributed by atoms with van der Waals surface area (Å²) in [7, 11) is 0. The van der Waals surface area contributed by atoms with Crippen LogP contribution < -0.4 is 5.32 Å². The second kappa shape index (κ2) is 47.0. The normalized spacial score (nSPS) is 27.2. The number of alkyl halides is 5. The highest BCUT2D eigenvalue weighted by molar-refractivity contribution is 6.67. The highest BCUT2D eigenvalue weighted by Gasteiger charge is 2.59. The van der Waals surface area contributed by atoms with Crippen molar-refractivity contribution in [3.05, 3.63) is 236 Å². The Labute approximate surface area is 697 Å². The number of hydrogen-bond donors (Lipinski definition) is 1. The smallest absolute Gasteiger partial charge is 0.407 e. The van der Waals surface area contributed by atoms with Crippen LogP contribution in [0.2, 0.25) is 0 Å². The first-order chi connectivity index (χ1) is 56.4. The Morgan fingerprint density at radius 1 is 0.431 bits per heavy atom. The second-order valence-corrected chi connectivity index (χ2v) is 30.6. The first-order valence-corrected chi connectivity index (χ1v) is 40.4. The lowest BCUT2D eigenvalue weighted by Gasteiger charge is -2.51. The van der Waals surface area contributed by atoms with Crippen LogP contribution in [-0.4, -0.2) is 195 Å². The molecule has 4 heterocycles. The molecule has 0 radical (unpaired) electrons. The Balaban J connectivity index is 1.05. The standard InChI is InChI=1S/C82H94Cl5N7O22/c1-4-58-51(3)66(103-44-52-28-14-8-15-29-52)64(91-93-88)77(108-58)114-69-61(49-102-63(96)43-84)111-80(74(113-76(98)57-38-24-13-25-39-57)72(69)106-47-55-34-20-11-21-35-55)116-67-59(5-2)109-78(65(92-94-89)70(67)104-45-53-30-16-9-17-31-53)115-68-60(48-101-62(95)42-83)110-79(100-41-27-7-6-26-40-90-81(99)107-50-82(85,86)87)73(112-75(97)56-36-22-12-23-37-56)71(68)105-46-54-32-18-10-19-33-54/h8-25,28-39,51,58-61,64-74,77-80H,4-7,26-27,40-50H2,1-3H3,(H,90,99). The summed E-state index contributed by atoms with van der Waals surface area (Å²) < 4.78 is 112. The molecule has 1 amide bonds. The van der Waals surface area contributed by atoms with E-state index in [9.17, 15) is 30.2 Å². The molecule has 34 heteroatoms. The average Bonchev–Trinajstić information content (AvgIpc) is 0.758. The molecule has 1 N–H and O–H groups in total. The maximum atomic E-state index is 15.1. The number of nitrogens with zero attached hydrogens (tertiary/aromatic N) is 6. The molecule has 0 saturated carbocycles. The van der Waals surface area contributed by atoms with E-state index in [1.54, 1.807) is 91.9 Å². The average molecular weight is 1710 g/mol. The van der Waals surface area contributed by atoms with Crippen LogP contribution in [0.3, 0.4) is 0 Å². The molecule has 6 aromatic carbocycles. The van der Waals surface area contributed by atoms with Crippen LogP contribution in [0.5, 0.6) is 0 Å². The van der Waals surface area contributed by atoms with Gasteiger partial charge in [-0.3, -0.25) is 9.59 Å². The lowest BCUT2D eigenvalue weighted by Crippen LogP contribution is -2.68. The van der Waals surface area contributed by atoms with Gasteiger partial charge in [-0.2, -0.15) is 0 Å². The molecular weight excluding hydrogens is 1610 g/mol. The Kier molecular flexibility index (Phi) is 36.6. The fourth-order valence-corrected chi connectivity index (χ4v) is 14.1. The number of ether oxygens (including phenoxy) is 17. The van der Waals surface area contributed by atoms with Crippen LogP contribution in [0.25, 0.3) is 20.9 Å². The number of azide groups is 2. The molecule has 0 bridgehead atoms. The number of alkyl carbamates (subject to hydrolysis) is 1. The van der Waals surface area contributed by atoms with Crippen LogP contribution in [0.1, 0.15) is 102 Å². The molecule has 624 valence electrons. The van der Waals surface area contributed by atoms with E-state index in [0.29, 0.717) is 48.8 Å². The summed E-state index contributed by atoms with van der Waals surface area (Å²) in [5.74, 6) is -4.92. The second-order valence-electron chi connectivity index (χ2n) is 27.6. The monoisotopic (exact) mass is 1700 g/mol. The van der Waals surface area contributed by atoms with Crippen LogP contribution in [0.4, 0.5) is 4.79 Å². The Bertz CT molecular complexity index is 4090. The Morgan fingerprint density at radius 2 is 0.802 bits per heavy atom. The zero-order valence-corrected chi connectivity index (χ0v) is 67.7. The number of carbonyl (C=O) groups excluding carboxylic acids is 5. The van der Waals surface area contributed by atoms with Gasteiger partial charge < -0.3 is 85.8 Å². The molecule has 20 unspecified atom stereocenters. The predicted octanol–water partition coefficient (Wildman–Crippen LogP) is 14.9. The Morgan fingerprint density at radius 3 is 1.23 bits per heavy atom. The lowest BCUT2D eigenvalue weighted by atomic mass is 9.87. The number of nitrogens with one attached hydrogen (secondary N) is 1. The van der Waals surface area contributed by atoms with Crippen molar-refractivity contribution < 1.29 is 104 Å². The van der Waals surface area contributed by atoms with E-state index in [4.69, 9.17) is 139 Å². The molecule has 4 saturated heterocycles. The first-order valence-electron chi connectivity index (χ1n) is 38.2. The van der Waals surface area contributed by atoms with Crippen molar-refractivity contribution in [3.63, 3.8) is 0 Å². The van der Waals surface area contributed by atoms with Crippen molar-refractivity contribution in [3.8, 4) is 0 Å². The van der Waals surface area contributed by atoms with Crippen LogP contribution in [0.15, 0.2) is 192 Å². The maximum absolute atomic E-state index is 15.1. The summed E-state index contributed by atoms with van der Waals surface area (Å²) in [6.07, 6.45) is -22.0. The number of amides is 1. The highest BCUT2D eigenvalue weighted by Crippen LogP contribution is 2.42. The third-order valence-corrected chi connectivity index (χ3v) is 20.3. The topological polar surface area (TPSA) is 352 Å². The third kappa shape index (κ3) is 26.8. The van der Waals surface area contributed by atoms with Crippen LogP contribution in [-0.2, 0) is 117 Å². The minimum atomic E-state index is -1.81. The minimum Gasteiger partial charge on any atom is -0.462 e. The fraction of sp³-hybridized carbons (Fsp3) is 0.500. The summed E-state index contributed by atoms with van der Waals surface area (Å²) in [5, 5.41) is 11.3. The van der Waals surface area contributed by atoms with Gasteiger partial charge in [0.05, 0.1) is 55.9 Å². The van der Waals surface area contributed by atoms with Gasteiger partial charge >= 0.3 is 30.0 Å². The summed E-state index contributed by atoms with van der Waals surface area (Å²) in [6.45, 7) is 3.89. The van der Waals surface area contributed by atoms with E-state index < -0.39 is 182 Å². The van der Waals surface area contributed by atoms with E-state index in [-0.39, 0.29) is 63.0 Å². The highest BCUT2D eigenvalue weighted by atomic mass is 35.6. The van der Waals surface area contributed by atoms with Gasteiger partial charge in [-0.25, -0.2) is 14.4 Å². The quantitative estimate of drug-likeness (QED) is 0.00708. The molecule has 6 aromatic rings. The first kappa shape index (κ1) is 90.4. The molecule has 116 heavy (non-hydrogen) atoms. The molecular formula is C82H94Cl5N7O22. The van der Waals surface area contributed by atoms with Gasteiger partial charge in [-0.1, -0.05) is 236 Å².